The van der Waals surface area contributed by atoms with Crippen LogP contribution in [-0.4, -0.2) is 68.3 Å². The van der Waals surface area contributed by atoms with Crippen LogP contribution in [0.4, 0.5) is 11.6 Å². The number of carbonyl (C=O) groups is 2. The lowest BCUT2D eigenvalue weighted by molar-refractivity contribution is -0.714. The molecule has 3 heterocycles. The van der Waals surface area contributed by atoms with E-state index in [1.54, 1.807) is 30.8 Å². The Kier molecular flexibility index (Phi) is 7.77. The average Bonchev–Trinajstić information content (AvgIpc) is 3.20. The highest BCUT2D eigenvalue weighted by Crippen LogP contribution is 2.40. The Morgan fingerprint density at radius 3 is 2.53 bits per heavy atom. The number of nitrogens with two attached hydrogens (primary N) is 1. The first kappa shape index (κ1) is 27.2. The molecule has 0 radical (unpaired) electrons. The number of nitrogen functional groups attached to an aromatic ring is 1. The van der Waals surface area contributed by atoms with E-state index in [1.165, 1.54) is 4.68 Å². The fraction of sp³-hybridized carbons (Fsp3) is 0.481. The lowest BCUT2D eigenvalue weighted by Crippen LogP contribution is -2.41. The number of pyridine rings is 1. The molecule has 11 heteroatoms. The van der Waals surface area contributed by atoms with Crippen LogP contribution in [0.5, 0.6) is 11.5 Å². The summed E-state index contributed by atoms with van der Waals surface area (Å²) in [5.74, 6) is 0.860. The molecule has 0 unspecified atom stereocenters. The zero-order chi connectivity index (χ0) is 27.6. The van der Waals surface area contributed by atoms with Gasteiger partial charge in [0.1, 0.15) is 23.3 Å². The summed E-state index contributed by atoms with van der Waals surface area (Å²) in [5.41, 5.74) is 9.15. The van der Waals surface area contributed by atoms with Gasteiger partial charge in [-0.3, -0.25) is 9.59 Å². The number of hydrogen-bond acceptors (Lipinski definition) is 8. The van der Waals surface area contributed by atoms with Gasteiger partial charge >= 0.3 is 11.6 Å². The number of hydrogen-bond donors (Lipinski definition) is 2. The zero-order valence-corrected chi connectivity index (χ0v) is 23.0. The number of anilines is 2. The van der Waals surface area contributed by atoms with Gasteiger partial charge in [0.05, 0.1) is 38.7 Å². The second kappa shape index (κ2) is 10.9. The smallest absolute Gasteiger partial charge is 0.334 e. The third-order valence-electron chi connectivity index (χ3n) is 6.59. The van der Waals surface area contributed by atoms with Crippen molar-refractivity contribution >= 4 is 29.0 Å². The summed E-state index contributed by atoms with van der Waals surface area (Å²) in [5, 5.41) is 7.00. The maximum absolute atomic E-state index is 13.7. The summed E-state index contributed by atoms with van der Waals surface area (Å²) in [4.78, 5) is 28.3. The van der Waals surface area contributed by atoms with E-state index in [9.17, 15) is 9.59 Å². The predicted molar refractivity (Wildman–Crippen MR) is 143 cm³/mol. The number of fused-ring (bicyclic) bond motifs is 1. The molecule has 0 atom stereocenters. The summed E-state index contributed by atoms with van der Waals surface area (Å²) in [6.45, 7) is 11.1. The van der Waals surface area contributed by atoms with Crippen molar-refractivity contribution in [1.29, 1.82) is 0 Å². The number of aromatic nitrogens is 3. The first-order chi connectivity index (χ1) is 18.1. The summed E-state index contributed by atoms with van der Waals surface area (Å²) in [7, 11) is 3.21. The van der Waals surface area contributed by atoms with E-state index in [0.29, 0.717) is 55.4 Å². The molecule has 0 aliphatic carbocycles. The molecule has 3 aromatic rings. The van der Waals surface area contributed by atoms with Gasteiger partial charge in [-0.2, -0.15) is 4.40 Å². The Morgan fingerprint density at radius 2 is 1.92 bits per heavy atom. The minimum atomic E-state index is -0.310. The maximum Gasteiger partial charge on any atom is 0.334 e. The highest BCUT2D eigenvalue weighted by atomic mass is 16.5. The molecule has 0 bridgehead atoms. The van der Waals surface area contributed by atoms with Gasteiger partial charge in [-0.15, -0.1) is 4.68 Å². The number of Topliss-reactive ketones (excluding diaryl/α,β-unsaturated/α-hetero) is 1. The summed E-state index contributed by atoms with van der Waals surface area (Å²) >= 11 is 0. The van der Waals surface area contributed by atoms with Crippen molar-refractivity contribution in [2.75, 3.05) is 57.7 Å². The number of rotatable bonds is 8. The molecule has 1 aliphatic heterocycles. The number of amides is 1. The highest BCUT2D eigenvalue weighted by molar-refractivity contribution is 5.98. The van der Waals surface area contributed by atoms with Gasteiger partial charge in [-0.25, -0.2) is 0 Å². The van der Waals surface area contributed by atoms with E-state index < -0.39 is 0 Å². The van der Waals surface area contributed by atoms with Crippen LogP contribution in [-0.2, 0) is 16.7 Å². The van der Waals surface area contributed by atoms with Crippen LogP contribution in [0.15, 0.2) is 24.4 Å². The standard InChI is InChI=1S/C27H36N6O5/c1-7-38-22-14-23-32(15-18(22)25(35)29-5)26(28)30-33(23)16-21(34)17-12-19(27(2,3)4)24(36-6)20(13-17)31-8-10-37-11-9-31/h12-15H,7-11,16H2,1-6H3,(H2-,28,29,30,35)/p+1. The molecule has 1 fully saturated rings. The number of ether oxygens (including phenoxy) is 3. The average molecular weight is 526 g/mol. The second-order valence-electron chi connectivity index (χ2n) is 10.2. The fourth-order valence-electron chi connectivity index (χ4n) is 4.64. The number of nitrogens with one attached hydrogen (secondary N) is 1. The van der Waals surface area contributed by atoms with E-state index in [2.05, 4.69) is 36.1 Å². The molecule has 4 rings (SSSR count). The molecular formula is C27H37N6O5+. The highest BCUT2D eigenvalue weighted by Gasteiger charge is 2.29. The quantitative estimate of drug-likeness (QED) is 0.338. The number of nitrogens with zero attached hydrogens (tertiary/aromatic N) is 4. The van der Waals surface area contributed by atoms with Crippen LogP contribution >= 0.6 is 0 Å². The Bertz CT molecular complexity index is 1350. The van der Waals surface area contributed by atoms with Crippen molar-refractivity contribution in [3.63, 3.8) is 0 Å². The molecule has 0 saturated carbocycles. The number of carbonyl (C=O) groups excluding carboxylic acids is 2. The van der Waals surface area contributed by atoms with E-state index >= 15 is 0 Å². The Balaban J connectivity index is 1.78. The van der Waals surface area contributed by atoms with Crippen molar-refractivity contribution in [3.8, 4) is 11.5 Å². The van der Waals surface area contributed by atoms with E-state index in [-0.39, 0.29) is 29.6 Å². The van der Waals surface area contributed by atoms with Crippen molar-refractivity contribution in [2.45, 2.75) is 39.7 Å². The van der Waals surface area contributed by atoms with Crippen LogP contribution in [0, 0.1) is 0 Å². The monoisotopic (exact) mass is 525 g/mol. The summed E-state index contributed by atoms with van der Waals surface area (Å²) in [6, 6.07) is 5.47. The topological polar surface area (TPSA) is 124 Å². The summed E-state index contributed by atoms with van der Waals surface area (Å²) < 4.78 is 20.2. The molecule has 1 saturated heterocycles. The Morgan fingerprint density at radius 1 is 1.21 bits per heavy atom. The Labute approximate surface area is 222 Å². The van der Waals surface area contributed by atoms with Gasteiger partial charge in [0, 0.05) is 31.3 Å². The van der Waals surface area contributed by atoms with Crippen molar-refractivity contribution < 1.29 is 28.5 Å². The minimum absolute atomic E-state index is 0.0515. The normalized spacial score (nSPS) is 14.0. The predicted octanol–water partition coefficient (Wildman–Crippen LogP) is 1.99. The molecule has 1 aromatic carbocycles. The fourth-order valence-corrected chi connectivity index (χ4v) is 4.64. The zero-order valence-electron chi connectivity index (χ0n) is 23.0. The third-order valence-corrected chi connectivity index (χ3v) is 6.59. The molecule has 0 spiro atoms. The van der Waals surface area contributed by atoms with Crippen molar-refractivity contribution in [1.82, 2.24) is 14.8 Å². The van der Waals surface area contributed by atoms with Crippen LogP contribution in [0.2, 0.25) is 0 Å². The number of methoxy groups -OCH3 is 1. The van der Waals surface area contributed by atoms with Gasteiger partial charge in [0.15, 0.2) is 6.54 Å². The maximum atomic E-state index is 13.7. The molecule has 1 aliphatic rings. The molecule has 11 nitrogen and oxygen atoms in total. The van der Waals surface area contributed by atoms with E-state index in [4.69, 9.17) is 19.9 Å². The van der Waals surface area contributed by atoms with Crippen LogP contribution in [0.3, 0.4) is 0 Å². The first-order valence-electron chi connectivity index (χ1n) is 12.7. The SMILES string of the molecule is CCOc1cc2n(cc1C(=O)NC)c(N)n[n+]2CC(=O)c1cc(N2CCOCC2)c(OC)c(C(C)(C)C)c1. The van der Waals surface area contributed by atoms with Crippen LogP contribution in [0.25, 0.3) is 5.65 Å². The van der Waals surface area contributed by atoms with E-state index in [0.717, 1.165) is 17.0 Å². The largest absolute Gasteiger partial charge is 0.494 e. The second-order valence-corrected chi connectivity index (χ2v) is 10.2. The molecule has 1 amide bonds. The number of benzene rings is 1. The summed E-state index contributed by atoms with van der Waals surface area (Å²) in [6.07, 6.45) is 1.57. The number of morpholine rings is 1. The van der Waals surface area contributed by atoms with Crippen LogP contribution in [0.1, 0.15) is 54.0 Å². The third kappa shape index (κ3) is 5.24. The van der Waals surface area contributed by atoms with Gasteiger partial charge in [-0.05, 0) is 29.6 Å². The molecule has 38 heavy (non-hydrogen) atoms. The Hall–Kier alpha value is -3.86. The molecule has 3 N–H and O–H groups in total. The van der Waals surface area contributed by atoms with Gasteiger partial charge in [-0.1, -0.05) is 20.8 Å². The lowest BCUT2D eigenvalue weighted by atomic mass is 9.84. The molecule has 2 aromatic heterocycles. The lowest BCUT2D eigenvalue weighted by Gasteiger charge is -2.33. The first-order valence-corrected chi connectivity index (χ1v) is 12.7. The van der Waals surface area contributed by atoms with Crippen molar-refractivity contribution in [3.05, 3.63) is 41.1 Å². The van der Waals surface area contributed by atoms with Gasteiger partial charge < -0.3 is 30.2 Å². The van der Waals surface area contributed by atoms with Gasteiger partial charge in [0.2, 0.25) is 5.78 Å². The number of ketones is 1. The van der Waals surface area contributed by atoms with Crippen molar-refractivity contribution in [2.24, 2.45) is 0 Å². The molecule has 204 valence electrons. The van der Waals surface area contributed by atoms with Crippen LogP contribution < -0.4 is 30.1 Å². The van der Waals surface area contributed by atoms with Gasteiger partial charge in [0.25, 0.3) is 5.91 Å². The molecular weight excluding hydrogens is 488 g/mol. The van der Waals surface area contributed by atoms with E-state index in [1.807, 2.05) is 19.1 Å². The minimum Gasteiger partial charge on any atom is -0.494 e.